The van der Waals surface area contributed by atoms with Crippen molar-refractivity contribution >= 4 is 24.5 Å². The molecule has 7 nitrogen and oxygen atoms in total. The van der Waals surface area contributed by atoms with E-state index < -0.39 is 19.1 Å². The van der Waals surface area contributed by atoms with Crippen LogP contribution in [0.3, 0.4) is 0 Å². The Hall–Kier alpha value is -3.62. The van der Waals surface area contributed by atoms with Crippen LogP contribution in [-0.4, -0.2) is 36.2 Å². The van der Waals surface area contributed by atoms with Crippen molar-refractivity contribution < 1.29 is 33.8 Å². The van der Waals surface area contributed by atoms with Crippen molar-refractivity contribution in [2.24, 2.45) is 0 Å². The Morgan fingerprint density at radius 3 is 1.41 bits per heavy atom. The van der Waals surface area contributed by atoms with E-state index >= 15 is 0 Å². The molecule has 0 unspecified atom stereocenters. The van der Waals surface area contributed by atoms with Gasteiger partial charge in [0.25, 0.3) is 0 Å². The summed E-state index contributed by atoms with van der Waals surface area (Å²) >= 11 is 0. The quantitative estimate of drug-likeness (QED) is 0.375. The van der Waals surface area contributed by atoms with Crippen molar-refractivity contribution in [3.05, 3.63) is 83.9 Å². The molecule has 3 aromatic carbocycles. The highest BCUT2D eigenvalue weighted by Crippen LogP contribution is 2.18. The molecule has 0 bridgehead atoms. The minimum absolute atomic E-state index is 0.259. The minimum Gasteiger partial charge on any atom is -0.497 e. The molecule has 0 saturated carbocycles. The van der Waals surface area contributed by atoms with E-state index in [-0.39, 0.29) is 22.5 Å². The molecule has 0 fully saturated rings. The van der Waals surface area contributed by atoms with Crippen LogP contribution in [0.15, 0.2) is 72.8 Å². The number of ether oxygens (including phenoxy) is 3. The Labute approximate surface area is 167 Å². The fourth-order valence-electron chi connectivity index (χ4n) is 2.43. The lowest BCUT2D eigenvalue weighted by atomic mass is 9.80. The first-order chi connectivity index (χ1) is 14.0. The van der Waals surface area contributed by atoms with E-state index in [2.05, 4.69) is 0 Å². The van der Waals surface area contributed by atoms with Gasteiger partial charge in [-0.25, -0.2) is 9.59 Å². The highest BCUT2D eigenvalue weighted by molar-refractivity contribution is 6.58. The Balaban J connectivity index is 1.61. The zero-order valence-corrected chi connectivity index (χ0v) is 15.4. The van der Waals surface area contributed by atoms with Crippen molar-refractivity contribution in [3.63, 3.8) is 0 Å². The van der Waals surface area contributed by atoms with Gasteiger partial charge in [0, 0.05) is 0 Å². The molecule has 29 heavy (non-hydrogen) atoms. The van der Waals surface area contributed by atoms with Crippen LogP contribution in [0.1, 0.15) is 20.7 Å². The Kier molecular flexibility index (Phi) is 6.28. The summed E-state index contributed by atoms with van der Waals surface area (Å²) in [6.07, 6.45) is 0. The van der Waals surface area contributed by atoms with E-state index in [1.54, 1.807) is 24.3 Å². The van der Waals surface area contributed by atoms with Gasteiger partial charge in [0.1, 0.15) is 17.2 Å². The van der Waals surface area contributed by atoms with Gasteiger partial charge < -0.3 is 24.3 Å². The van der Waals surface area contributed by atoms with Crippen LogP contribution in [-0.2, 0) is 0 Å². The topological polar surface area (TPSA) is 102 Å². The lowest BCUT2D eigenvalue weighted by Crippen LogP contribution is -2.29. The lowest BCUT2D eigenvalue weighted by molar-refractivity contribution is 0.0730. The molecule has 3 aromatic rings. The second-order valence-corrected chi connectivity index (χ2v) is 5.97. The van der Waals surface area contributed by atoms with E-state index in [0.29, 0.717) is 11.3 Å². The summed E-state index contributed by atoms with van der Waals surface area (Å²) in [7, 11) is -0.0538. The summed E-state index contributed by atoms with van der Waals surface area (Å²) in [5.74, 6) is 0.0362. The summed E-state index contributed by atoms with van der Waals surface area (Å²) < 4.78 is 15.6. The van der Waals surface area contributed by atoms with Crippen LogP contribution in [0.4, 0.5) is 0 Å². The van der Waals surface area contributed by atoms with Crippen LogP contribution in [0.25, 0.3) is 0 Å². The SMILES string of the molecule is COc1ccc(C(=O)Oc2ccc(C(=O)Oc3ccc(B(O)O)cc3)cc2)cc1. The minimum atomic E-state index is -1.59. The number of rotatable bonds is 6. The third-order valence-electron chi connectivity index (χ3n) is 4.02. The first kappa shape index (κ1) is 20.1. The van der Waals surface area contributed by atoms with E-state index in [1.807, 2.05) is 0 Å². The maximum atomic E-state index is 12.2. The van der Waals surface area contributed by atoms with Gasteiger partial charge in [-0.05, 0) is 66.1 Å². The monoisotopic (exact) mass is 392 g/mol. The molecule has 0 aliphatic rings. The number of esters is 2. The largest absolute Gasteiger partial charge is 0.497 e. The fraction of sp³-hybridized carbons (Fsp3) is 0.0476. The summed E-state index contributed by atoms with van der Waals surface area (Å²) in [5.41, 5.74) is 0.916. The number of hydrogen-bond acceptors (Lipinski definition) is 7. The van der Waals surface area contributed by atoms with Gasteiger partial charge in [0.2, 0.25) is 0 Å². The molecule has 8 heteroatoms. The first-order valence-corrected chi connectivity index (χ1v) is 8.61. The highest BCUT2D eigenvalue weighted by Gasteiger charge is 2.13. The molecule has 3 rings (SSSR count). The highest BCUT2D eigenvalue weighted by atomic mass is 16.5. The molecule has 0 aliphatic carbocycles. The van der Waals surface area contributed by atoms with E-state index in [0.717, 1.165) is 0 Å². The van der Waals surface area contributed by atoms with Crippen LogP contribution < -0.4 is 19.7 Å². The first-order valence-electron chi connectivity index (χ1n) is 8.61. The molecule has 0 amide bonds. The molecule has 0 spiro atoms. The molecule has 2 N–H and O–H groups in total. The molecule has 146 valence electrons. The second-order valence-electron chi connectivity index (χ2n) is 5.97. The normalized spacial score (nSPS) is 10.2. The van der Waals surface area contributed by atoms with E-state index in [1.165, 1.54) is 55.6 Å². The maximum absolute atomic E-state index is 12.2. The average molecular weight is 392 g/mol. The number of benzene rings is 3. The van der Waals surface area contributed by atoms with E-state index in [9.17, 15) is 9.59 Å². The Bertz CT molecular complexity index is 981. The predicted molar refractivity (Wildman–Crippen MR) is 106 cm³/mol. The molecule has 0 heterocycles. The van der Waals surface area contributed by atoms with Crippen molar-refractivity contribution in [1.82, 2.24) is 0 Å². The number of carbonyl (C=O) groups is 2. The molecule has 0 radical (unpaired) electrons. The third kappa shape index (κ3) is 5.22. The smallest absolute Gasteiger partial charge is 0.488 e. The summed E-state index contributed by atoms with van der Waals surface area (Å²) in [6, 6.07) is 18.2. The van der Waals surface area contributed by atoms with E-state index in [4.69, 9.17) is 24.3 Å². The third-order valence-corrected chi connectivity index (χ3v) is 4.02. The number of carbonyl (C=O) groups excluding carboxylic acids is 2. The fourth-order valence-corrected chi connectivity index (χ4v) is 2.43. The van der Waals surface area contributed by atoms with Gasteiger partial charge in [0.05, 0.1) is 18.2 Å². The molecule has 0 aromatic heterocycles. The van der Waals surface area contributed by atoms with Crippen LogP contribution in [0, 0.1) is 0 Å². The summed E-state index contributed by atoms with van der Waals surface area (Å²) in [5, 5.41) is 18.1. The predicted octanol–water partition coefficient (Wildman–Crippen LogP) is 1.81. The van der Waals surface area contributed by atoms with Crippen molar-refractivity contribution in [2.45, 2.75) is 0 Å². The molecular formula is C21H17BO7. The number of hydrogen-bond donors (Lipinski definition) is 2. The molecule has 0 aliphatic heterocycles. The van der Waals surface area contributed by atoms with Crippen molar-refractivity contribution in [3.8, 4) is 17.2 Å². The maximum Gasteiger partial charge on any atom is 0.488 e. The van der Waals surface area contributed by atoms with Gasteiger partial charge in [-0.3, -0.25) is 0 Å². The molecule has 0 atom stereocenters. The van der Waals surface area contributed by atoms with Crippen molar-refractivity contribution in [2.75, 3.05) is 7.11 Å². The van der Waals surface area contributed by atoms with Gasteiger partial charge in [-0.2, -0.15) is 0 Å². The molecule has 0 saturated heterocycles. The van der Waals surface area contributed by atoms with Gasteiger partial charge in [0.15, 0.2) is 0 Å². The zero-order chi connectivity index (χ0) is 20.8. The zero-order valence-electron chi connectivity index (χ0n) is 15.4. The standard InChI is InChI=1S/C21H17BO7/c1-27-17-8-2-14(3-9-17)20(23)28-18-10-4-15(5-11-18)21(24)29-19-12-6-16(7-13-19)22(25)26/h2-13,25-26H,1H3. The number of methoxy groups -OCH3 is 1. The van der Waals surface area contributed by atoms with Crippen LogP contribution in [0.5, 0.6) is 17.2 Å². The average Bonchev–Trinajstić information content (AvgIpc) is 2.74. The summed E-state index contributed by atoms with van der Waals surface area (Å²) in [4.78, 5) is 24.4. The van der Waals surface area contributed by atoms with Crippen molar-refractivity contribution in [1.29, 1.82) is 0 Å². The van der Waals surface area contributed by atoms with Gasteiger partial charge in [-0.15, -0.1) is 0 Å². The van der Waals surface area contributed by atoms with Gasteiger partial charge in [-0.1, -0.05) is 12.1 Å². The second kappa shape index (κ2) is 9.05. The molecular weight excluding hydrogens is 375 g/mol. The Morgan fingerprint density at radius 1 is 0.655 bits per heavy atom. The van der Waals surface area contributed by atoms with Gasteiger partial charge >= 0.3 is 19.1 Å². The lowest BCUT2D eigenvalue weighted by Gasteiger charge is -2.07. The van der Waals surface area contributed by atoms with Crippen LogP contribution in [0.2, 0.25) is 0 Å². The Morgan fingerprint density at radius 2 is 1.03 bits per heavy atom. The van der Waals surface area contributed by atoms with Crippen LogP contribution >= 0.6 is 0 Å². The summed E-state index contributed by atoms with van der Waals surface area (Å²) in [6.45, 7) is 0.